The van der Waals surface area contributed by atoms with E-state index in [-0.39, 0.29) is 0 Å². The van der Waals surface area contributed by atoms with Crippen LogP contribution in [0.3, 0.4) is 0 Å². The molecule has 1 rings (SSSR count). The molecule has 0 amide bonds. The van der Waals surface area contributed by atoms with E-state index in [0.717, 1.165) is 0 Å². The molecule has 1 aromatic rings. The summed E-state index contributed by atoms with van der Waals surface area (Å²) >= 11 is 0. The minimum atomic E-state index is 0.511. The van der Waals surface area contributed by atoms with Gasteiger partial charge in [-0.05, 0) is 38.0 Å². The summed E-state index contributed by atoms with van der Waals surface area (Å²) < 4.78 is 0. The van der Waals surface area contributed by atoms with Crippen LogP contribution in [0, 0.1) is 0 Å². The Bertz CT molecular complexity index is 236. The number of rotatable bonds is 4. The van der Waals surface area contributed by atoms with Gasteiger partial charge in [-0.25, -0.2) is 0 Å². The Balaban J connectivity index is 2.59. The molecule has 0 fully saturated rings. The highest BCUT2D eigenvalue weighted by Gasteiger charge is 1.95. The second-order valence-electron chi connectivity index (χ2n) is 3.75. The number of hydrogen-bond donors (Lipinski definition) is 1. The van der Waals surface area contributed by atoms with Crippen molar-refractivity contribution in [3.05, 3.63) is 29.8 Å². The van der Waals surface area contributed by atoms with Gasteiger partial charge in [0.05, 0.1) is 0 Å². The minimum Gasteiger partial charge on any atom is -0.383 e. The average molecular weight is 177 g/mol. The van der Waals surface area contributed by atoms with E-state index in [9.17, 15) is 0 Å². The first-order chi connectivity index (χ1) is 6.22. The highest BCUT2D eigenvalue weighted by Crippen LogP contribution is 2.11. The lowest BCUT2D eigenvalue weighted by atomic mass is 10.1. The number of nitrogens with one attached hydrogen (secondary N) is 1. The van der Waals surface area contributed by atoms with Crippen LogP contribution in [-0.4, -0.2) is 6.04 Å². The van der Waals surface area contributed by atoms with Gasteiger partial charge in [0.1, 0.15) is 0 Å². The number of anilines is 1. The topological polar surface area (TPSA) is 12.0 Å². The quantitative estimate of drug-likeness (QED) is 0.742. The monoisotopic (exact) mass is 177 g/mol. The summed E-state index contributed by atoms with van der Waals surface area (Å²) in [6, 6.07) is 9.23. The predicted octanol–water partition coefficient (Wildman–Crippen LogP) is 3.46. The van der Waals surface area contributed by atoms with Crippen molar-refractivity contribution in [2.24, 2.45) is 0 Å². The van der Waals surface area contributed by atoms with Gasteiger partial charge in [-0.1, -0.05) is 25.5 Å². The zero-order valence-electron chi connectivity index (χ0n) is 8.80. The van der Waals surface area contributed by atoms with E-state index in [1.807, 2.05) is 0 Å². The Morgan fingerprint density at radius 1 is 1.15 bits per heavy atom. The minimum absolute atomic E-state index is 0.511. The molecule has 0 atom stereocenters. The first kappa shape index (κ1) is 10.1. The van der Waals surface area contributed by atoms with Crippen molar-refractivity contribution >= 4 is 5.69 Å². The molecule has 1 nitrogen and oxygen atoms in total. The highest BCUT2D eigenvalue weighted by atomic mass is 14.9. The molecular weight excluding hydrogens is 158 g/mol. The fourth-order valence-corrected chi connectivity index (χ4v) is 1.39. The van der Waals surface area contributed by atoms with Gasteiger partial charge in [0.15, 0.2) is 0 Å². The van der Waals surface area contributed by atoms with Crippen molar-refractivity contribution in [2.45, 2.75) is 39.7 Å². The van der Waals surface area contributed by atoms with Crippen molar-refractivity contribution in [1.82, 2.24) is 0 Å². The van der Waals surface area contributed by atoms with Gasteiger partial charge < -0.3 is 5.32 Å². The van der Waals surface area contributed by atoms with Gasteiger partial charge in [-0.15, -0.1) is 0 Å². The Labute approximate surface area is 81.2 Å². The molecule has 0 saturated heterocycles. The third kappa shape index (κ3) is 3.49. The molecule has 1 N–H and O–H groups in total. The molecule has 0 aliphatic heterocycles. The fourth-order valence-electron chi connectivity index (χ4n) is 1.39. The molecule has 0 aliphatic carbocycles. The number of hydrogen-bond acceptors (Lipinski definition) is 1. The van der Waals surface area contributed by atoms with Gasteiger partial charge in [-0.2, -0.15) is 0 Å². The zero-order valence-corrected chi connectivity index (χ0v) is 8.80. The maximum atomic E-state index is 3.37. The van der Waals surface area contributed by atoms with Crippen molar-refractivity contribution in [3.63, 3.8) is 0 Å². The summed E-state index contributed by atoms with van der Waals surface area (Å²) in [5.74, 6) is 0. The van der Waals surface area contributed by atoms with Gasteiger partial charge in [0.25, 0.3) is 0 Å². The van der Waals surface area contributed by atoms with Gasteiger partial charge in [-0.3, -0.25) is 0 Å². The van der Waals surface area contributed by atoms with Crippen LogP contribution in [0.5, 0.6) is 0 Å². The number of benzene rings is 1. The van der Waals surface area contributed by atoms with Crippen LogP contribution in [0.15, 0.2) is 24.3 Å². The van der Waals surface area contributed by atoms with Crippen LogP contribution in [-0.2, 0) is 6.42 Å². The lowest BCUT2D eigenvalue weighted by molar-refractivity contribution is 0.896. The van der Waals surface area contributed by atoms with Crippen LogP contribution in [0.1, 0.15) is 32.8 Å². The smallest absolute Gasteiger partial charge is 0.0342 e. The Kier molecular flexibility index (Phi) is 3.81. The highest BCUT2D eigenvalue weighted by molar-refractivity contribution is 5.45. The normalized spacial score (nSPS) is 10.5. The Hall–Kier alpha value is -0.980. The average Bonchev–Trinajstić information content (AvgIpc) is 2.08. The Morgan fingerprint density at radius 2 is 1.77 bits per heavy atom. The standard InChI is InChI=1S/C12H19N/c1-4-5-11-6-8-12(9-7-11)13-10(2)3/h6-10,13H,4-5H2,1-3H3. The van der Waals surface area contributed by atoms with E-state index in [4.69, 9.17) is 0 Å². The fraction of sp³-hybridized carbons (Fsp3) is 0.500. The maximum absolute atomic E-state index is 3.37. The third-order valence-corrected chi connectivity index (χ3v) is 1.95. The van der Waals surface area contributed by atoms with E-state index in [0.29, 0.717) is 6.04 Å². The molecule has 0 aromatic heterocycles. The molecule has 0 unspecified atom stereocenters. The lowest BCUT2D eigenvalue weighted by Crippen LogP contribution is -2.09. The lowest BCUT2D eigenvalue weighted by Gasteiger charge is -2.10. The summed E-state index contributed by atoms with van der Waals surface area (Å²) in [6.45, 7) is 6.51. The predicted molar refractivity (Wildman–Crippen MR) is 59.2 cm³/mol. The van der Waals surface area contributed by atoms with E-state index >= 15 is 0 Å². The summed E-state index contributed by atoms with van der Waals surface area (Å²) in [7, 11) is 0. The van der Waals surface area contributed by atoms with Gasteiger partial charge in [0, 0.05) is 11.7 Å². The van der Waals surface area contributed by atoms with Crippen molar-refractivity contribution in [1.29, 1.82) is 0 Å². The van der Waals surface area contributed by atoms with Gasteiger partial charge >= 0.3 is 0 Å². The molecule has 1 heteroatoms. The SMILES string of the molecule is CCCc1ccc(NC(C)C)cc1. The van der Waals surface area contributed by atoms with Crippen LogP contribution in [0.4, 0.5) is 5.69 Å². The van der Waals surface area contributed by atoms with Crippen molar-refractivity contribution in [2.75, 3.05) is 5.32 Å². The molecule has 1 aromatic carbocycles. The largest absolute Gasteiger partial charge is 0.383 e. The molecule has 0 radical (unpaired) electrons. The molecule has 72 valence electrons. The first-order valence-electron chi connectivity index (χ1n) is 5.08. The van der Waals surface area contributed by atoms with E-state index in [2.05, 4.69) is 50.4 Å². The molecule has 0 aliphatic rings. The Morgan fingerprint density at radius 3 is 2.23 bits per heavy atom. The first-order valence-corrected chi connectivity index (χ1v) is 5.08. The molecule has 0 bridgehead atoms. The van der Waals surface area contributed by atoms with E-state index in [1.54, 1.807) is 0 Å². The van der Waals surface area contributed by atoms with Crippen LogP contribution in [0.2, 0.25) is 0 Å². The third-order valence-electron chi connectivity index (χ3n) is 1.95. The molecule has 13 heavy (non-hydrogen) atoms. The molecule has 0 heterocycles. The van der Waals surface area contributed by atoms with E-state index < -0.39 is 0 Å². The second-order valence-corrected chi connectivity index (χ2v) is 3.75. The summed E-state index contributed by atoms with van der Waals surface area (Å²) in [4.78, 5) is 0. The van der Waals surface area contributed by atoms with Crippen molar-refractivity contribution in [3.8, 4) is 0 Å². The molecule has 0 spiro atoms. The van der Waals surface area contributed by atoms with Gasteiger partial charge in [0.2, 0.25) is 0 Å². The number of aryl methyl sites for hydroxylation is 1. The summed E-state index contributed by atoms with van der Waals surface area (Å²) in [5.41, 5.74) is 2.65. The van der Waals surface area contributed by atoms with Crippen molar-refractivity contribution < 1.29 is 0 Å². The molecular formula is C12H19N. The summed E-state index contributed by atoms with van der Waals surface area (Å²) in [6.07, 6.45) is 2.40. The summed E-state index contributed by atoms with van der Waals surface area (Å²) in [5, 5.41) is 3.37. The molecule has 0 saturated carbocycles. The van der Waals surface area contributed by atoms with E-state index in [1.165, 1.54) is 24.1 Å². The van der Waals surface area contributed by atoms with Crippen LogP contribution in [0.25, 0.3) is 0 Å². The van der Waals surface area contributed by atoms with Crippen LogP contribution < -0.4 is 5.32 Å². The second kappa shape index (κ2) is 4.90. The van der Waals surface area contributed by atoms with Crippen LogP contribution >= 0.6 is 0 Å². The maximum Gasteiger partial charge on any atom is 0.0342 e. The zero-order chi connectivity index (χ0) is 9.68.